The van der Waals surface area contributed by atoms with Gasteiger partial charge in [0.1, 0.15) is 0 Å². The van der Waals surface area contributed by atoms with Gasteiger partial charge in [0, 0.05) is 6.54 Å². The lowest BCUT2D eigenvalue weighted by atomic mass is 10.0. The predicted molar refractivity (Wildman–Crippen MR) is 90.4 cm³/mol. The van der Waals surface area contributed by atoms with Gasteiger partial charge in [0.25, 0.3) is 5.91 Å². The third kappa shape index (κ3) is 4.02. The Balaban J connectivity index is 1.72. The second-order valence-electron chi connectivity index (χ2n) is 6.21. The third-order valence-corrected chi connectivity index (χ3v) is 4.49. The summed E-state index contributed by atoms with van der Waals surface area (Å²) in [5.41, 5.74) is 2.52. The van der Waals surface area contributed by atoms with Crippen molar-refractivity contribution in [1.82, 2.24) is 10.2 Å². The maximum absolute atomic E-state index is 12.2. The lowest BCUT2D eigenvalue weighted by Crippen LogP contribution is -2.40. The number of nitrogens with one attached hydrogen (secondary N) is 1. The predicted octanol–water partition coefficient (Wildman–Crippen LogP) is 3.55. The van der Waals surface area contributed by atoms with Crippen LogP contribution in [0.5, 0.6) is 0 Å². The topological polar surface area (TPSA) is 45.5 Å². The standard InChI is InChI=1S/C19H24N2O2/c1-15-7-9-16(10-8-15)17(21-11-3-2-4-12-21)14-20-19(22)18-6-5-13-23-18/h5-10,13,17H,2-4,11-12,14H2,1H3,(H,20,22)/t17-/m0/s1. The molecular weight excluding hydrogens is 288 g/mol. The summed E-state index contributed by atoms with van der Waals surface area (Å²) in [7, 11) is 0. The minimum Gasteiger partial charge on any atom is -0.459 e. The molecule has 1 aliphatic rings. The zero-order chi connectivity index (χ0) is 16.1. The molecule has 2 aromatic rings. The molecule has 122 valence electrons. The van der Waals surface area contributed by atoms with Gasteiger partial charge in [0.2, 0.25) is 0 Å². The van der Waals surface area contributed by atoms with Gasteiger partial charge in [-0.25, -0.2) is 0 Å². The van der Waals surface area contributed by atoms with Crippen molar-refractivity contribution in [2.45, 2.75) is 32.2 Å². The minimum atomic E-state index is -0.149. The lowest BCUT2D eigenvalue weighted by Gasteiger charge is -2.35. The van der Waals surface area contributed by atoms with Gasteiger partial charge in [0.05, 0.1) is 12.3 Å². The largest absolute Gasteiger partial charge is 0.459 e. The van der Waals surface area contributed by atoms with Crippen molar-refractivity contribution in [1.29, 1.82) is 0 Å². The lowest BCUT2D eigenvalue weighted by molar-refractivity contribution is 0.0897. The van der Waals surface area contributed by atoms with Gasteiger partial charge < -0.3 is 9.73 Å². The van der Waals surface area contributed by atoms with Gasteiger partial charge in [-0.05, 0) is 50.6 Å². The summed E-state index contributed by atoms with van der Waals surface area (Å²) in [5.74, 6) is 0.218. The van der Waals surface area contributed by atoms with Crippen molar-refractivity contribution in [3.63, 3.8) is 0 Å². The molecule has 1 N–H and O–H groups in total. The highest BCUT2D eigenvalue weighted by Crippen LogP contribution is 2.24. The van der Waals surface area contributed by atoms with Crippen LogP contribution >= 0.6 is 0 Å². The second kappa shape index (κ2) is 7.47. The highest BCUT2D eigenvalue weighted by molar-refractivity contribution is 5.91. The SMILES string of the molecule is Cc1ccc([C@H](CNC(=O)c2ccco2)N2CCCCC2)cc1. The van der Waals surface area contributed by atoms with Gasteiger partial charge in [-0.2, -0.15) is 0 Å². The number of nitrogens with zero attached hydrogens (tertiary/aromatic N) is 1. The van der Waals surface area contributed by atoms with Gasteiger partial charge >= 0.3 is 0 Å². The summed E-state index contributed by atoms with van der Waals surface area (Å²) < 4.78 is 5.17. The Morgan fingerprint density at radius 3 is 2.57 bits per heavy atom. The molecule has 0 radical (unpaired) electrons. The fraction of sp³-hybridized carbons (Fsp3) is 0.421. The smallest absolute Gasteiger partial charge is 0.287 e. The number of hydrogen-bond donors (Lipinski definition) is 1. The Bertz CT molecular complexity index is 613. The van der Waals surface area contributed by atoms with Crippen molar-refractivity contribution in [3.8, 4) is 0 Å². The van der Waals surface area contributed by atoms with E-state index in [0.29, 0.717) is 12.3 Å². The number of amides is 1. The summed E-state index contributed by atoms with van der Waals surface area (Å²) >= 11 is 0. The Kier molecular flexibility index (Phi) is 5.13. The summed E-state index contributed by atoms with van der Waals surface area (Å²) in [6.45, 7) is 4.88. The van der Waals surface area contributed by atoms with Crippen LogP contribution < -0.4 is 5.32 Å². The number of benzene rings is 1. The maximum Gasteiger partial charge on any atom is 0.287 e. The molecule has 1 aliphatic heterocycles. The molecule has 0 bridgehead atoms. The molecule has 1 aromatic carbocycles. The van der Waals surface area contributed by atoms with Crippen LogP contribution in [-0.2, 0) is 0 Å². The Hall–Kier alpha value is -2.07. The van der Waals surface area contributed by atoms with Crippen LogP contribution in [0.1, 0.15) is 47.0 Å². The molecule has 0 saturated carbocycles. The number of rotatable bonds is 5. The fourth-order valence-electron chi connectivity index (χ4n) is 3.16. The molecule has 4 heteroatoms. The summed E-state index contributed by atoms with van der Waals surface area (Å²) in [6.07, 6.45) is 5.29. The molecule has 1 atom stereocenters. The van der Waals surface area contributed by atoms with Crippen molar-refractivity contribution < 1.29 is 9.21 Å². The van der Waals surface area contributed by atoms with Crippen LogP contribution in [0.2, 0.25) is 0 Å². The number of carbonyl (C=O) groups is 1. The number of hydrogen-bond acceptors (Lipinski definition) is 3. The van der Waals surface area contributed by atoms with Crippen LogP contribution in [0, 0.1) is 6.92 Å². The quantitative estimate of drug-likeness (QED) is 0.918. The van der Waals surface area contributed by atoms with E-state index in [1.165, 1.54) is 36.7 Å². The second-order valence-corrected chi connectivity index (χ2v) is 6.21. The zero-order valence-electron chi connectivity index (χ0n) is 13.6. The first-order valence-corrected chi connectivity index (χ1v) is 8.36. The molecule has 1 aromatic heterocycles. The average molecular weight is 312 g/mol. The highest BCUT2D eigenvalue weighted by Gasteiger charge is 2.23. The van der Waals surface area contributed by atoms with Crippen LogP contribution in [0.4, 0.5) is 0 Å². The molecule has 0 unspecified atom stereocenters. The molecule has 23 heavy (non-hydrogen) atoms. The highest BCUT2D eigenvalue weighted by atomic mass is 16.3. The Labute approximate surface area is 137 Å². The molecule has 1 amide bonds. The number of likely N-dealkylation sites (tertiary alicyclic amines) is 1. The number of furan rings is 1. The van der Waals surface area contributed by atoms with Crippen molar-refractivity contribution in [3.05, 3.63) is 59.5 Å². The first-order chi connectivity index (χ1) is 11.2. The fourth-order valence-corrected chi connectivity index (χ4v) is 3.16. The van der Waals surface area contributed by atoms with Crippen molar-refractivity contribution in [2.24, 2.45) is 0 Å². The first-order valence-electron chi connectivity index (χ1n) is 8.36. The van der Waals surface area contributed by atoms with Gasteiger partial charge in [-0.3, -0.25) is 9.69 Å². The molecule has 0 spiro atoms. The average Bonchev–Trinajstić information content (AvgIpc) is 3.12. The first kappa shape index (κ1) is 15.8. The van der Waals surface area contributed by atoms with E-state index in [0.717, 1.165) is 13.1 Å². The van der Waals surface area contributed by atoms with Crippen LogP contribution in [-0.4, -0.2) is 30.4 Å². The molecule has 0 aliphatic carbocycles. The van der Waals surface area contributed by atoms with E-state index in [-0.39, 0.29) is 11.9 Å². The molecule has 2 heterocycles. The number of carbonyl (C=O) groups excluding carboxylic acids is 1. The van der Waals surface area contributed by atoms with Crippen molar-refractivity contribution in [2.75, 3.05) is 19.6 Å². The van der Waals surface area contributed by atoms with Crippen LogP contribution in [0.3, 0.4) is 0 Å². The van der Waals surface area contributed by atoms with Gasteiger partial charge in [-0.1, -0.05) is 36.2 Å². The number of aryl methyl sites for hydroxylation is 1. The molecular formula is C19H24N2O2. The minimum absolute atomic E-state index is 0.149. The molecule has 4 nitrogen and oxygen atoms in total. The van der Waals surface area contributed by atoms with E-state index in [2.05, 4.69) is 41.4 Å². The third-order valence-electron chi connectivity index (χ3n) is 4.49. The van der Waals surface area contributed by atoms with E-state index < -0.39 is 0 Å². The summed E-state index contributed by atoms with van der Waals surface area (Å²) in [4.78, 5) is 14.6. The maximum atomic E-state index is 12.2. The van der Waals surface area contributed by atoms with E-state index in [1.54, 1.807) is 12.1 Å². The molecule has 1 fully saturated rings. The molecule has 3 rings (SSSR count). The van der Waals surface area contributed by atoms with Crippen LogP contribution in [0.15, 0.2) is 47.1 Å². The molecule has 1 saturated heterocycles. The normalized spacial score (nSPS) is 16.9. The number of piperidine rings is 1. The van der Waals surface area contributed by atoms with Gasteiger partial charge in [-0.15, -0.1) is 0 Å². The Morgan fingerprint density at radius 1 is 1.17 bits per heavy atom. The van der Waals surface area contributed by atoms with E-state index >= 15 is 0 Å². The van der Waals surface area contributed by atoms with E-state index in [1.807, 2.05) is 0 Å². The summed E-state index contributed by atoms with van der Waals surface area (Å²) in [5, 5.41) is 3.02. The van der Waals surface area contributed by atoms with Crippen molar-refractivity contribution >= 4 is 5.91 Å². The van der Waals surface area contributed by atoms with Crippen LogP contribution in [0.25, 0.3) is 0 Å². The van der Waals surface area contributed by atoms with E-state index in [9.17, 15) is 4.79 Å². The zero-order valence-corrected chi connectivity index (χ0v) is 13.6. The monoisotopic (exact) mass is 312 g/mol. The summed E-state index contributed by atoms with van der Waals surface area (Å²) in [6, 6.07) is 12.3. The Morgan fingerprint density at radius 2 is 1.91 bits per heavy atom. The van der Waals surface area contributed by atoms with E-state index in [4.69, 9.17) is 4.42 Å². The van der Waals surface area contributed by atoms with Gasteiger partial charge in [0.15, 0.2) is 5.76 Å².